The van der Waals surface area contributed by atoms with E-state index in [0.29, 0.717) is 0 Å². The molecule has 0 atom stereocenters. The van der Waals surface area contributed by atoms with Gasteiger partial charge in [0, 0.05) is 13.1 Å². The van der Waals surface area contributed by atoms with Gasteiger partial charge in [-0.1, -0.05) is 65.2 Å². The molecule has 0 unspecified atom stereocenters. The molecule has 1 N–H and O–H groups in total. The lowest BCUT2D eigenvalue weighted by molar-refractivity contribution is -0.0291. The van der Waals surface area contributed by atoms with E-state index >= 15 is 0 Å². The van der Waals surface area contributed by atoms with Crippen molar-refractivity contribution in [3.05, 3.63) is 0 Å². The van der Waals surface area contributed by atoms with Gasteiger partial charge in [-0.05, 0) is 32.2 Å². The molecule has 0 spiro atoms. The molecule has 2 heteroatoms. The van der Waals surface area contributed by atoms with Crippen LogP contribution >= 0.6 is 0 Å². The lowest BCUT2D eigenvalue weighted by atomic mass is 9.86. The maximum absolute atomic E-state index is 10.6. The summed E-state index contributed by atoms with van der Waals surface area (Å²) in [6.45, 7) is 7.91. The summed E-state index contributed by atoms with van der Waals surface area (Å²) < 4.78 is 0. The van der Waals surface area contributed by atoms with Gasteiger partial charge in [0.1, 0.15) is 0 Å². The average molecular weight is 284 g/mol. The fourth-order valence-electron chi connectivity index (χ4n) is 3.35. The number of rotatable bonds is 11. The molecule has 2 nitrogen and oxygen atoms in total. The highest BCUT2D eigenvalue weighted by atomic mass is 16.3. The molecule has 0 saturated carbocycles. The van der Waals surface area contributed by atoms with E-state index in [2.05, 4.69) is 18.7 Å². The van der Waals surface area contributed by atoms with E-state index in [0.717, 1.165) is 32.4 Å². The van der Waals surface area contributed by atoms with Gasteiger partial charge in [0.05, 0.1) is 5.60 Å². The number of likely N-dealkylation sites (tertiary alicyclic amines) is 1. The van der Waals surface area contributed by atoms with Gasteiger partial charge in [-0.15, -0.1) is 0 Å². The van der Waals surface area contributed by atoms with Gasteiger partial charge in [0.2, 0.25) is 0 Å². The van der Waals surface area contributed by atoms with Crippen LogP contribution in [0.15, 0.2) is 0 Å². The molecular weight excluding hydrogens is 246 g/mol. The fraction of sp³-hybridized carbons (Fsp3) is 1.00. The quantitative estimate of drug-likeness (QED) is 0.553. The second-order valence-electron chi connectivity index (χ2n) is 6.79. The molecule has 1 fully saturated rings. The molecule has 0 aromatic carbocycles. The first-order chi connectivity index (χ1) is 9.70. The molecule has 1 heterocycles. The van der Waals surface area contributed by atoms with E-state index in [1.165, 1.54) is 64.3 Å². The molecule has 0 aromatic rings. The molecule has 0 aliphatic carbocycles. The van der Waals surface area contributed by atoms with E-state index in [9.17, 15) is 5.11 Å². The monoisotopic (exact) mass is 283 g/mol. The molecule has 120 valence electrons. The van der Waals surface area contributed by atoms with Gasteiger partial charge in [-0.3, -0.25) is 0 Å². The first-order valence-corrected chi connectivity index (χ1v) is 9.15. The minimum atomic E-state index is -0.341. The number of nitrogens with zero attached hydrogens (tertiary/aromatic N) is 1. The van der Waals surface area contributed by atoms with Gasteiger partial charge in [0.25, 0.3) is 0 Å². The normalized spacial score (nSPS) is 19.4. The van der Waals surface area contributed by atoms with Crippen molar-refractivity contribution in [1.82, 2.24) is 4.90 Å². The lowest BCUT2D eigenvalue weighted by Crippen LogP contribution is -2.44. The van der Waals surface area contributed by atoms with Crippen molar-refractivity contribution in [2.75, 3.05) is 19.6 Å². The zero-order valence-corrected chi connectivity index (χ0v) is 14.0. The van der Waals surface area contributed by atoms with Crippen molar-refractivity contribution in [3.63, 3.8) is 0 Å². The Morgan fingerprint density at radius 3 is 1.90 bits per heavy atom. The van der Waals surface area contributed by atoms with Crippen molar-refractivity contribution < 1.29 is 5.11 Å². The van der Waals surface area contributed by atoms with Crippen LogP contribution in [0.25, 0.3) is 0 Å². The van der Waals surface area contributed by atoms with Gasteiger partial charge in [0.15, 0.2) is 0 Å². The van der Waals surface area contributed by atoms with Crippen LogP contribution in [-0.4, -0.2) is 35.2 Å². The molecular formula is C18H37NO. The van der Waals surface area contributed by atoms with Crippen LogP contribution < -0.4 is 0 Å². The zero-order valence-electron chi connectivity index (χ0n) is 14.0. The summed E-state index contributed by atoms with van der Waals surface area (Å²) in [6, 6.07) is 0. The topological polar surface area (TPSA) is 23.5 Å². The number of hydrogen-bond donors (Lipinski definition) is 1. The first-order valence-electron chi connectivity index (χ1n) is 9.15. The third kappa shape index (κ3) is 7.64. The SMILES string of the molecule is CCCCCCCCCCC1(O)CCN(CCC)CC1. The predicted molar refractivity (Wildman–Crippen MR) is 88.1 cm³/mol. The molecule has 1 rings (SSSR count). The van der Waals surface area contributed by atoms with Crippen LogP contribution in [0.5, 0.6) is 0 Å². The Kier molecular flexibility index (Phi) is 9.54. The van der Waals surface area contributed by atoms with Gasteiger partial charge >= 0.3 is 0 Å². The highest BCUT2D eigenvalue weighted by Crippen LogP contribution is 2.28. The molecule has 0 amide bonds. The van der Waals surface area contributed by atoms with Crippen LogP contribution in [-0.2, 0) is 0 Å². The zero-order chi connectivity index (χ0) is 14.7. The maximum Gasteiger partial charge on any atom is 0.0672 e. The van der Waals surface area contributed by atoms with Crippen molar-refractivity contribution in [2.45, 2.75) is 96.5 Å². The second kappa shape index (κ2) is 10.6. The van der Waals surface area contributed by atoms with Crippen LogP contribution in [0.1, 0.15) is 90.9 Å². The number of aliphatic hydroxyl groups is 1. The van der Waals surface area contributed by atoms with Crippen molar-refractivity contribution >= 4 is 0 Å². The smallest absolute Gasteiger partial charge is 0.0672 e. The highest BCUT2D eigenvalue weighted by molar-refractivity contribution is 4.85. The Hall–Kier alpha value is -0.0800. The molecule has 0 aromatic heterocycles. The number of piperidine rings is 1. The van der Waals surface area contributed by atoms with Crippen LogP contribution in [0.4, 0.5) is 0 Å². The molecule has 1 aliphatic rings. The Balaban J connectivity index is 1.98. The van der Waals surface area contributed by atoms with Gasteiger partial charge in [-0.2, -0.15) is 0 Å². The van der Waals surface area contributed by atoms with E-state index < -0.39 is 0 Å². The van der Waals surface area contributed by atoms with Crippen molar-refractivity contribution in [2.24, 2.45) is 0 Å². The fourth-order valence-corrected chi connectivity index (χ4v) is 3.35. The Labute approximate surface area is 126 Å². The summed E-state index contributed by atoms with van der Waals surface area (Å²) in [5, 5.41) is 10.6. The summed E-state index contributed by atoms with van der Waals surface area (Å²) in [6.07, 6.45) is 15.1. The second-order valence-corrected chi connectivity index (χ2v) is 6.79. The third-order valence-electron chi connectivity index (χ3n) is 4.82. The van der Waals surface area contributed by atoms with E-state index in [4.69, 9.17) is 0 Å². The molecule has 1 aliphatic heterocycles. The highest BCUT2D eigenvalue weighted by Gasteiger charge is 2.31. The molecule has 0 radical (unpaired) electrons. The Morgan fingerprint density at radius 1 is 0.800 bits per heavy atom. The first kappa shape index (κ1) is 18.0. The van der Waals surface area contributed by atoms with Crippen molar-refractivity contribution in [3.8, 4) is 0 Å². The molecule has 20 heavy (non-hydrogen) atoms. The standard InChI is InChI=1S/C18H37NO/c1-3-5-6-7-8-9-10-11-12-18(20)13-16-19(15-4-2)17-14-18/h20H,3-17H2,1-2H3. The largest absolute Gasteiger partial charge is 0.390 e. The lowest BCUT2D eigenvalue weighted by Gasteiger charge is -2.38. The van der Waals surface area contributed by atoms with Crippen LogP contribution in [0.3, 0.4) is 0 Å². The van der Waals surface area contributed by atoms with Crippen LogP contribution in [0.2, 0.25) is 0 Å². The summed E-state index contributed by atoms with van der Waals surface area (Å²) in [4.78, 5) is 2.50. The van der Waals surface area contributed by atoms with E-state index in [1.54, 1.807) is 0 Å². The molecule has 1 saturated heterocycles. The Morgan fingerprint density at radius 2 is 1.35 bits per heavy atom. The summed E-state index contributed by atoms with van der Waals surface area (Å²) in [7, 11) is 0. The summed E-state index contributed by atoms with van der Waals surface area (Å²) >= 11 is 0. The number of hydrogen-bond acceptors (Lipinski definition) is 2. The minimum Gasteiger partial charge on any atom is -0.390 e. The summed E-state index contributed by atoms with van der Waals surface area (Å²) in [5.41, 5.74) is -0.341. The van der Waals surface area contributed by atoms with E-state index in [-0.39, 0.29) is 5.60 Å². The number of unbranched alkanes of at least 4 members (excludes halogenated alkanes) is 7. The van der Waals surface area contributed by atoms with Crippen molar-refractivity contribution in [1.29, 1.82) is 0 Å². The van der Waals surface area contributed by atoms with Gasteiger partial charge < -0.3 is 10.0 Å². The predicted octanol–water partition coefficient (Wildman–Crippen LogP) is 4.75. The third-order valence-corrected chi connectivity index (χ3v) is 4.82. The average Bonchev–Trinajstić information content (AvgIpc) is 2.45. The minimum absolute atomic E-state index is 0.341. The maximum atomic E-state index is 10.6. The summed E-state index contributed by atoms with van der Waals surface area (Å²) in [5.74, 6) is 0. The van der Waals surface area contributed by atoms with E-state index in [1.807, 2.05) is 0 Å². The Bertz CT molecular complexity index is 221. The molecule has 0 bridgehead atoms. The van der Waals surface area contributed by atoms with Gasteiger partial charge in [-0.25, -0.2) is 0 Å². The van der Waals surface area contributed by atoms with Crippen LogP contribution in [0, 0.1) is 0 Å².